The predicted molar refractivity (Wildman–Crippen MR) is 76.9 cm³/mol. The van der Waals surface area contributed by atoms with Gasteiger partial charge in [-0.25, -0.2) is 8.78 Å². The first-order valence-corrected chi connectivity index (χ1v) is 7.55. The van der Waals surface area contributed by atoms with E-state index in [1.165, 1.54) is 0 Å². The van der Waals surface area contributed by atoms with Gasteiger partial charge in [-0.3, -0.25) is 4.98 Å². The van der Waals surface area contributed by atoms with E-state index in [2.05, 4.69) is 23.3 Å². The predicted octanol–water partition coefficient (Wildman–Crippen LogP) is 4.26. The summed E-state index contributed by atoms with van der Waals surface area (Å²) in [5.74, 6) is -2.18. The minimum atomic E-state index is -2.46. The molecule has 1 fully saturated rings. The van der Waals surface area contributed by atoms with E-state index in [1.807, 2.05) is 19.2 Å². The maximum Gasteiger partial charge on any atom is 0.248 e. The lowest BCUT2D eigenvalue weighted by Crippen LogP contribution is -2.34. The molecular weight excluding hydrogens is 258 g/mol. The van der Waals surface area contributed by atoms with Crippen molar-refractivity contribution < 1.29 is 8.78 Å². The number of hydrogen-bond donors (Lipinski definition) is 1. The van der Waals surface area contributed by atoms with Crippen LogP contribution < -0.4 is 5.32 Å². The monoisotopic (exact) mass is 282 g/mol. The molecule has 1 heterocycles. The average molecular weight is 282 g/mol. The number of rotatable bonds is 5. The van der Waals surface area contributed by atoms with Gasteiger partial charge in [-0.1, -0.05) is 13.0 Å². The van der Waals surface area contributed by atoms with Gasteiger partial charge in [-0.2, -0.15) is 0 Å². The van der Waals surface area contributed by atoms with Crippen molar-refractivity contribution in [2.24, 2.45) is 5.92 Å². The molecule has 1 aromatic rings. The second kappa shape index (κ2) is 6.61. The Bertz CT molecular complexity index is 407. The molecule has 0 amide bonds. The van der Waals surface area contributed by atoms with Gasteiger partial charge >= 0.3 is 0 Å². The summed E-state index contributed by atoms with van der Waals surface area (Å²) in [5.41, 5.74) is 2.11. The number of hydrogen-bond acceptors (Lipinski definition) is 2. The molecule has 0 radical (unpaired) electrons. The standard InChI is InChI=1S/C16H24F2N2/c1-3-10-19-15(14-5-4-12(2)20-11-14)13-6-8-16(17,18)9-7-13/h4-5,11,13,15,19H,3,6-10H2,1-2H3. The van der Waals surface area contributed by atoms with E-state index in [0.29, 0.717) is 12.8 Å². The maximum absolute atomic E-state index is 13.3. The Morgan fingerprint density at radius 1 is 1.35 bits per heavy atom. The summed E-state index contributed by atoms with van der Waals surface area (Å²) >= 11 is 0. The van der Waals surface area contributed by atoms with Crippen molar-refractivity contribution in [3.05, 3.63) is 29.6 Å². The lowest BCUT2D eigenvalue weighted by Gasteiger charge is -2.34. The zero-order valence-electron chi connectivity index (χ0n) is 12.3. The molecule has 2 rings (SSSR count). The third-order valence-electron chi connectivity index (χ3n) is 4.14. The number of nitrogens with zero attached hydrogens (tertiary/aromatic N) is 1. The largest absolute Gasteiger partial charge is 0.310 e. The fraction of sp³-hybridized carbons (Fsp3) is 0.688. The summed E-state index contributed by atoms with van der Waals surface area (Å²) in [4.78, 5) is 4.34. The topological polar surface area (TPSA) is 24.9 Å². The minimum Gasteiger partial charge on any atom is -0.310 e. The summed E-state index contributed by atoms with van der Waals surface area (Å²) in [7, 11) is 0. The smallest absolute Gasteiger partial charge is 0.248 e. The molecule has 0 bridgehead atoms. The molecule has 1 unspecified atom stereocenters. The summed E-state index contributed by atoms with van der Waals surface area (Å²) in [6, 6.07) is 4.22. The fourth-order valence-corrected chi connectivity index (χ4v) is 2.92. The second-order valence-corrected chi connectivity index (χ2v) is 5.86. The molecule has 112 valence electrons. The zero-order chi connectivity index (χ0) is 14.6. The van der Waals surface area contributed by atoms with Crippen LogP contribution in [0.15, 0.2) is 18.3 Å². The van der Waals surface area contributed by atoms with E-state index in [9.17, 15) is 8.78 Å². The number of nitrogens with one attached hydrogen (secondary N) is 1. The van der Waals surface area contributed by atoms with E-state index >= 15 is 0 Å². The minimum absolute atomic E-state index is 0.0151. The van der Waals surface area contributed by atoms with Crippen LogP contribution >= 0.6 is 0 Å². The molecular formula is C16H24F2N2. The molecule has 1 aliphatic carbocycles. The van der Waals surface area contributed by atoms with Gasteiger partial charge < -0.3 is 5.32 Å². The van der Waals surface area contributed by atoms with Crippen molar-refractivity contribution in [3.63, 3.8) is 0 Å². The Kier molecular flexibility index (Phi) is 5.08. The normalized spacial score (nSPS) is 20.8. The van der Waals surface area contributed by atoms with Crippen LogP contribution in [0.5, 0.6) is 0 Å². The highest BCUT2D eigenvalue weighted by Crippen LogP contribution is 2.41. The number of aromatic nitrogens is 1. The van der Waals surface area contributed by atoms with Crippen LogP contribution in [-0.2, 0) is 0 Å². The quantitative estimate of drug-likeness (QED) is 0.873. The van der Waals surface area contributed by atoms with Gasteiger partial charge in [0.15, 0.2) is 0 Å². The van der Waals surface area contributed by atoms with Gasteiger partial charge in [0.2, 0.25) is 5.92 Å². The highest BCUT2D eigenvalue weighted by Gasteiger charge is 2.37. The van der Waals surface area contributed by atoms with Crippen molar-refractivity contribution in [3.8, 4) is 0 Å². The van der Waals surface area contributed by atoms with Gasteiger partial charge in [-0.05, 0) is 50.3 Å². The lowest BCUT2D eigenvalue weighted by atomic mass is 9.80. The molecule has 1 aromatic heterocycles. The fourth-order valence-electron chi connectivity index (χ4n) is 2.92. The summed E-state index contributed by atoms with van der Waals surface area (Å²) < 4.78 is 26.6. The van der Waals surface area contributed by atoms with E-state index < -0.39 is 5.92 Å². The van der Waals surface area contributed by atoms with Crippen LogP contribution in [0, 0.1) is 12.8 Å². The first-order valence-electron chi connectivity index (χ1n) is 7.55. The Morgan fingerprint density at radius 3 is 2.60 bits per heavy atom. The first-order chi connectivity index (χ1) is 9.52. The molecule has 1 saturated carbocycles. The Balaban J connectivity index is 2.09. The highest BCUT2D eigenvalue weighted by atomic mass is 19.3. The van der Waals surface area contributed by atoms with Crippen LogP contribution in [-0.4, -0.2) is 17.5 Å². The zero-order valence-corrected chi connectivity index (χ0v) is 12.3. The second-order valence-electron chi connectivity index (χ2n) is 5.86. The van der Waals surface area contributed by atoms with Crippen LogP contribution in [0.1, 0.15) is 56.3 Å². The van der Waals surface area contributed by atoms with Gasteiger partial charge in [0.05, 0.1) is 0 Å². The Morgan fingerprint density at radius 2 is 2.05 bits per heavy atom. The highest BCUT2D eigenvalue weighted by molar-refractivity contribution is 5.18. The molecule has 1 aliphatic rings. The summed E-state index contributed by atoms with van der Waals surface area (Å²) in [6.45, 7) is 4.98. The molecule has 0 spiro atoms. The van der Waals surface area contributed by atoms with Gasteiger partial charge in [0.1, 0.15) is 0 Å². The van der Waals surface area contributed by atoms with Crippen LogP contribution in [0.4, 0.5) is 8.78 Å². The maximum atomic E-state index is 13.3. The molecule has 0 aliphatic heterocycles. The number of alkyl halides is 2. The first kappa shape index (κ1) is 15.4. The van der Waals surface area contributed by atoms with Crippen LogP contribution in [0.3, 0.4) is 0 Å². The van der Waals surface area contributed by atoms with Crippen molar-refractivity contribution in [2.75, 3.05) is 6.54 Å². The van der Waals surface area contributed by atoms with Crippen molar-refractivity contribution in [2.45, 2.75) is 57.9 Å². The SMILES string of the molecule is CCCNC(c1ccc(C)nc1)C1CCC(F)(F)CC1. The van der Waals surface area contributed by atoms with Crippen molar-refractivity contribution >= 4 is 0 Å². The van der Waals surface area contributed by atoms with Gasteiger partial charge in [0.25, 0.3) is 0 Å². The van der Waals surface area contributed by atoms with Gasteiger partial charge in [-0.15, -0.1) is 0 Å². The molecule has 1 N–H and O–H groups in total. The Labute approximate surface area is 120 Å². The molecule has 1 atom stereocenters. The van der Waals surface area contributed by atoms with Crippen LogP contribution in [0.2, 0.25) is 0 Å². The molecule has 2 nitrogen and oxygen atoms in total. The summed E-state index contributed by atoms with van der Waals surface area (Å²) in [6.07, 6.45) is 4.13. The van der Waals surface area contributed by atoms with E-state index in [4.69, 9.17) is 0 Å². The van der Waals surface area contributed by atoms with Crippen molar-refractivity contribution in [1.29, 1.82) is 0 Å². The third-order valence-corrected chi connectivity index (χ3v) is 4.14. The number of pyridine rings is 1. The van der Waals surface area contributed by atoms with E-state index in [-0.39, 0.29) is 24.8 Å². The molecule has 20 heavy (non-hydrogen) atoms. The third kappa shape index (κ3) is 3.98. The lowest BCUT2D eigenvalue weighted by molar-refractivity contribution is -0.0497. The average Bonchev–Trinajstić information content (AvgIpc) is 2.42. The Hall–Kier alpha value is -1.03. The van der Waals surface area contributed by atoms with Crippen LogP contribution in [0.25, 0.3) is 0 Å². The number of halogens is 2. The summed E-state index contributed by atoms with van der Waals surface area (Å²) in [5, 5.41) is 3.52. The molecule has 0 saturated heterocycles. The van der Waals surface area contributed by atoms with Gasteiger partial charge in [0, 0.05) is 30.8 Å². The van der Waals surface area contributed by atoms with Crippen molar-refractivity contribution in [1.82, 2.24) is 10.3 Å². The molecule has 4 heteroatoms. The van der Waals surface area contributed by atoms with E-state index in [0.717, 1.165) is 24.2 Å². The number of aryl methyl sites for hydroxylation is 1. The molecule has 0 aromatic carbocycles. The van der Waals surface area contributed by atoms with E-state index in [1.54, 1.807) is 0 Å².